The Balaban J connectivity index is 2.05. The second-order valence-corrected chi connectivity index (χ2v) is 8.42. The fourth-order valence-electron chi connectivity index (χ4n) is 1.75. The SMILES string of the molecule is Cc1sc(Br)cc1S(=O)(=O)NCC1CCOC1. The van der Waals surface area contributed by atoms with Gasteiger partial charge < -0.3 is 4.74 Å². The molecular formula is C10H14BrNO3S2. The lowest BCUT2D eigenvalue weighted by atomic mass is 10.1. The zero-order valence-electron chi connectivity index (χ0n) is 9.40. The Kier molecular flexibility index (Phi) is 4.25. The molecule has 0 aliphatic carbocycles. The number of hydrogen-bond donors (Lipinski definition) is 1. The van der Waals surface area contributed by atoms with Crippen LogP contribution in [-0.4, -0.2) is 28.2 Å². The van der Waals surface area contributed by atoms with E-state index in [0.29, 0.717) is 24.0 Å². The normalized spacial score (nSPS) is 20.9. The van der Waals surface area contributed by atoms with E-state index in [-0.39, 0.29) is 0 Å². The predicted molar refractivity (Wildman–Crippen MR) is 70.9 cm³/mol. The van der Waals surface area contributed by atoms with Crippen molar-refractivity contribution >= 4 is 37.3 Å². The molecule has 0 radical (unpaired) electrons. The Labute approximate surface area is 114 Å². The summed E-state index contributed by atoms with van der Waals surface area (Å²) < 4.78 is 32.8. The Morgan fingerprint density at radius 2 is 2.41 bits per heavy atom. The van der Waals surface area contributed by atoms with E-state index < -0.39 is 10.0 Å². The Hall–Kier alpha value is 0.0500. The first kappa shape index (κ1) is 13.5. The predicted octanol–water partition coefficient (Wildman–Crippen LogP) is 2.13. The van der Waals surface area contributed by atoms with Gasteiger partial charge in [-0.25, -0.2) is 13.1 Å². The van der Waals surface area contributed by atoms with Crippen LogP contribution in [0.1, 0.15) is 11.3 Å². The Morgan fingerprint density at radius 3 is 2.94 bits per heavy atom. The smallest absolute Gasteiger partial charge is 0.241 e. The number of sulfonamides is 1. The lowest BCUT2D eigenvalue weighted by Crippen LogP contribution is -2.29. The number of rotatable bonds is 4. The van der Waals surface area contributed by atoms with Gasteiger partial charge in [0.25, 0.3) is 0 Å². The highest BCUT2D eigenvalue weighted by Gasteiger charge is 2.22. The van der Waals surface area contributed by atoms with Crippen molar-refractivity contribution in [1.29, 1.82) is 0 Å². The minimum atomic E-state index is -3.38. The first-order valence-electron chi connectivity index (χ1n) is 5.32. The second kappa shape index (κ2) is 5.36. The third-order valence-electron chi connectivity index (χ3n) is 2.72. The standard InChI is InChI=1S/C10H14BrNO3S2/c1-7-9(4-10(11)16-7)17(13,14)12-5-8-2-3-15-6-8/h4,8,12H,2-3,5-6H2,1H3. The van der Waals surface area contributed by atoms with Gasteiger partial charge >= 0.3 is 0 Å². The Morgan fingerprint density at radius 1 is 1.65 bits per heavy atom. The molecule has 0 saturated carbocycles. The van der Waals surface area contributed by atoms with Crippen molar-refractivity contribution in [3.8, 4) is 0 Å². The highest BCUT2D eigenvalue weighted by molar-refractivity contribution is 9.11. The van der Waals surface area contributed by atoms with Crippen molar-refractivity contribution in [2.75, 3.05) is 19.8 Å². The van der Waals surface area contributed by atoms with Gasteiger partial charge in [-0.2, -0.15) is 0 Å². The zero-order valence-corrected chi connectivity index (χ0v) is 12.6. The van der Waals surface area contributed by atoms with Crippen molar-refractivity contribution in [3.63, 3.8) is 0 Å². The number of thiophene rings is 1. The van der Waals surface area contributed by atoms with Crippen molar-refractivity contribution < 1.29 is 13.2 Å². The number of halogens is 1. The maximum absolute atomic E-state index is 12.1. The van der Waals surface area contributed by atoms with Crippen LogP contribution in [0, 0.1) is 12.8 Å². The molecule has 0 spiro atoms. The van der Waals surface area contributed by atoms with Crippen LogP contribution in [0.3, 0.4) is 0 Å². The number of ether oxygens (including phenoxy) is 1. The summed E-state index contributed by atoms with van der Waals surface area (Å²) >= 11 is 4.73. The average Bonchev–Trinajstić information content (AvgIpc) is 2.85. The van der Waals surface area contributed by atoms with E-state index in [1.54, 1.807) is 6.07 Å². The molecule has 0 bridgehead atoms. The molecule has 1 saturated heterocycles. The van der Waals surface area contributed by atoms with Crippen LogP contribution in [0.4, 0.5) is 0 Å². The van der Waals surface area contributed by atoms with Gasteiger partial charge in [0.1, 0.15) is 0 Å². The number of hydrogen-bond acceptors (Lipinski definition) is 4. The van der Waals surface area contributed by atoms with E-state index in [1.165, 1.54) is 11.3 Å². The van der Waals surface area contributed by atoms with Crippen molar-refractivity contribution in [2.24, 2.45) is 5.92 Å². The molecule has 96 valence electrons. The summed E-state index contributed by atoms with van der Waals surface area (Å²) in [5.74, 6) is 0.298. The first-order valence-corrected chi connectivity index (χ1v) is 8.41. The molecule has 17 heavy (non-hydrogen) atoms. The summed E-state index contributed by atoms with van der Waals surface area (Å²) in [6.07, 6.45) is 0.925. The molecule has 1 aliphatic rings. The van der Waals surface area contributed by atoms with Gasteiger partial charge in [0, 0.05) is 18.0 Å². The molecule has 1 atom stereocenters. The number of aryl methyl sites for hydroxylation is 1. The van der Waals surface area contributed by atoms with Crippen molar-refractivity contribution in [3.05, 3.63) is 14.7 Å². The summed E-state index contributed by atoms with van der Waals surface area (Å²) in [4.78, 5) is 1.17. The summed E-state index contributed by atoms with van der Waals surface area (Å²) in [5.41, 5.74) is 0. The lowest BCUT2D eigenvalue weighted by Gasteiger charge is -2.09. The molecule has 0 aromatic carbocycles. The highest BCUT2D eigenvalue weighted by atomic mass is 79.9. The van der Waals surface area contributed by atoms with Gasteiger partial charge in [-0.3, -0.25) is 0 Å². The molecule has 2 heterocycles. The lowest BCUT2D eigenvalue weighted by molar-refractivity contribution is 0.186. The molecule has 1 unspecified atom stereocenters. The molecule has 1 fully saturated rings. The summed E-state index contributed by atoms with van der Waals surface area (Å²) in [6, 6.07) is 1.65. The molecule has 2 rings (SSSR count). The maximum atomic E-state index is 12.1. The van der Waals surface area contributed by atoms with E-state index >= 15 is 0 Å². The van der Waals surface area contributed by atoms with Gasteiger partial charge in [-0.1, -0.05) is 0 Å². The fraction of sp³-hybridized carbons (Fsp3) is 0.600. The van der Waals surface area contributed by atoms with Crippen LogP contribution in [-0.2, 0) is 14.8 Å². The van der Waals surface area contributed by atoms with Crippen LogP contribution in [0.25, 0.3) is 0 Å². The number of nitrogens with one attached hydrogen (secondary N) is 1. The maximum Gasteiger partial charge on any atom is 0.241 e. The zero-order chi connectivity index (χ0) is 12.5. The Bertz CT molecular complexity index is 492. The molecule has 4 nitrogen and oxygen atoms in total. The minimum absolute atomic E-state index is 0.298. The average molecular weight is 340 g/mol. The summed E-state index contributed by atoms with van der Waals surface area (Å²) in [6.45, 7) is 3.64. The van der Waals surface area contributed by atoms with E-state index in [9.17, 15) is 8.42 Å². The van der Waals surface area contributed by atoms with Gasteiger partial charge in [-0.05, 0) is 41.3 Å². The molecule has 1 aromatic heterocycles. The third-order valence-corrected chi connectivity index (χ3v) is 5.95. The van der Waals surface area contributed by atoms with Crippen LogP contribution < -0.4 is 4.72 Å². The van der Waals surface area contributed by atoms with Crippen molar-refractivity contribution in [2.45, 2.75) is 18.2 Å². The fourth-order valence-corrected chi connectivity index (χ4v) is 5.28. The molecule has 7 heteroatoms. The van der Waals surface area contributed by atoms with E-state index in [2.05, 4.69) is 20.7 Å². The summed E-state index contributed by atoms with van der Waals surface area (Å²) in [7, 11) is -3.38. The van der Waals surface area contributed by atoms with Gasteiger partial charge in [0.15, 0.2) is 0 Å². The van der Waals surface area contributed by atoms with Crippen LogP contribution in [0.5, 0.6) is 0 Å². The van der Waals surface area contributed by atoms with Gasteiger partial charge in [-0.15, -0.1) is 11.3 Å². The second-order valence-electron chi connectivity index (χ2n) is 4.05. The van der Waals surface area contributed by atoms with Crippen LogP contribution in [0.15, 0.2) is 14.7 Å². The molecule has 0 amide bonds. The molecular weight excluding hydrogens is 326 g/mol. The summed E-state index contributed by atoms with van der Waals surface area (Å²) in [5, 5.41) is 0. The van der Waals surface area contributed by atoms with Crippen LogP contribution in [0.2, 0.25) is 0 Å². The third kappa shape index (κ3) is 3.29. The van der Waals surface area contributed by atoms with E-state index in [1.807, 2.05) is 6.92 Å². The highest BCUT2D eigenvalue weighted by Crippen LogP contribution is 2.29. The first-order chi connectivity index (χ1) is 7.99. The molecule has 1 aromatic rings. The topological polar surface area (TPSA) is 55.4 Å². The van der Waals surface area contributed by atoms with Gasteiger partial charge in [0.2, 0.25) is 10.0 Å². The monoisotopic (exact) mass is 339 g/mol. The molecule has 1 aliphatic heterocycles. The van der Waals surface area contributed by atoms with E-state index in [0.717, 1.165) is 21.7 Å². The van der Waals surface area contributed by atoms with E-state index in [4.69, 9.17) is 4.74 Å². The molecule has 1 N–H and O–H groups in total. The van der Waals surface area contributed by atoms with Crippen LogP contribution >= 0.6 is 27.3 Å². The minimum Gasteiger partial charge on any atom is -0.381 e. The quantitative estimate of drug-likeness (QED) is 0.914. The largest absolute Gasteiger partial charge is 0.381 e. The van der Waals surface area contributed by atoms with Crippen molar-refractivity contribution in [1.82, 2.24) is 4.72 Å². The van der Waals surface area contributed by atoms with Gasteiger partial charge in [0.05, 0.1) is 15.3 Å².